The van der Waals surface area contributed by atoms with Gasteiger partial charge in [0, 0.05) is 18.5 Å². The lowest BCUT2D eigenvalue weighted by molar-refractivity contribution is -0.272. The summed E-state index contributed by atoms with van der Waals surface area (Å²) in [5.74, 6) is -0.138. The van der Waals surface area contributed by atoms with Crippen LogP contribution in [0.1, 0.15) is 99.8 Å². The summed E-state index contributed by atoms with van der Waals surface area (Å²) in [7, 11) is 2.76. The van der Waals surface area contributed by atoms with Crippen molar-refractivity contribution < 1.29 is 52.8 Å². The molecule has 0 radical (unpaired) electrons. The normalized spacial score (nSPS) is 11.0. The zero-order chi connectivity index (χ0) is 35.0. The molecule has 2 atom stereocenters. The first-order valence-corrected chi connectivity index (χ1v) is 15.2. The van der Waals surface area contributed by atoms with Crippen LogP contribution in [0.4, 0.5) is 10.5 Å². The summed E-state index contributed by atoms with van der Waals surface area (Å²) in [4.78, 5) is 73.4. The molecule has 0 heterocycles. The van der Waals surface area contributed by atoms with E-state index in [4.69, 9.17) is 9.47 Å². The van der Waals surface area contributed by atoms with Crippen LogP contribution in [0.2, 0.25) is 0 Å². The minimum atomic E-state index is -0.663. The molecule has 0 spiro atoms. The number of benzene rings is 1. The van der Waals surface area contributed by atoms with Gasteiger partial charge in [-0.15, -0.1) is 0 Å². The van der Waals surface area contributed by atoms with Crippen molar-refractivity contribution in [2.75, 3.05) is 32.8 Å². The molecule has 0 aliphatic rings. The number of nitrogens with one attached hydrogen (secondary N) is 1. The Morgan fingerprint density at radius 3 is 1.67 bits per heavy atom. The van der Waals surface area contributed by atoms with Gasteiger partial charge < -0.3 is 23.8 Å². The fourth-order valence-corrected chi connectivity index (χ4v) is 3.05. The number of para-hydroxylation sites is 1. The van der Waals surface area contributed by atoms with Crippen molar-refractivity contribution >= 4 is 40.9 Å². The number of Topliss-reactive ketones (excluding diaryl/α,β-unsaturated/α-hetero) is 4. The average Bonchev–Trinajstić information content (AvgIpc) is 2.99. The van der Waals surface area contributed by atoms with Crippen LogP contribution in [0.15, 0.2) is 30.3 Å². The topological polar surface area (TPSA) is 161 Å². The smallest absolute Gasteiger partial charge is 0.412 e. The van der Waals surface area contributed by atoms with E-state index in [1.165, 1.54) is 28.1 Å². The molecule has 258 valence electrons. The molecule has 0 aromatic heterocycles. The van der Waals surface area contributed by atoms with Crippen LogP contribution in [0.3, 0.4) is 0 Å². The maximum Gasteiger partial charge on any atom is 0.412 e. The van der Waals surface area contributed by atoms with Gasteiger partial charge in [-0.2, -0.15) is 0 Å². The number of carbonyl (C=O) groups is 6. The Kier molecular flexibility index (Phi) is 32.6. The largest absolute Gasteiger partial charge is 0.467 e. The van der Waals surface area contributed by atoms with Gasteiger partial charge >= 0.3 is 12.1 Å². The monoisotopic (exact) mass is 641 g/mol. The van der Waals surface area contributed by atoms with Crippen LogP contribution < -0.4 is 5.32 Å². The highest BCUT2D eigenvalue weighted by Crippen LogP contribution is 2.07. The molecule has 0 aliphatic heterocycles. The standard InChI is InChI=1S/C12H15NO3.C8H14O4.C7H14O3.C6H12O/c1-3-11(9(2)14)16-12(15)13-10-7-5-4-6-8-10;1-4-7(6(2)9)12-5-8(10)11-3;1-7(8)5-3-4-6-10-9-2;1-3-4-5-6(2)7/h4-8,11H,3H2,1-2H3,(H,13,15);7H,4-5H2,1-3H3;3-6H2,1-2H3;3-5H2,1-2H3. The Morgan fingerprint density at radius 2 is 1.27 bits per heavy atom. The van der Waals surface area contributed by atoms with Crippen molar-refractivity contribution in [1.29, 1.82) is 0 Å². The first-order valence-electron chi connectivity index (χ1n) is 15.2. The predicted molar refractivity (Wildman–Crippen MR) is 172 cm³/mol. The molecule has 0 saturated heterocycles. The number of hydrogen-bond acceptors (Lipinski definition) is 11. The molecule has 0 fully saturated rings. The third-order valence-electron chi connectivity index (χ3n) is 5.55. The van der Waals surface area contributed by atoms with Crippen molar-refractivity contribution in [3.05, 3.63) is 30.3 Å². The van der Waals surface area contributed by atoms with Gasteiger partial charge in [0.2, 0.25) is 0 Å². The van der Waals surface area contributed by atoms with Gasteiger partial charge in [0.1, 0.15) is 24.3 Å². The number of esters is 1. The van der Waals surface area contributed by atoms with E-state index in [0.29, 0.717) is 37.3 Å². The first-order chi connectivity index (χ1) is 21.3. The molecule has 0 saturated carbocycles. The van der Waals surface area contributed by atoms with Crippen LogP contribution in [0.5, 0.6) is 0 Å². The number of ether oxygens (including phenoxy) is 3. The molecular formula is C33H55NO11. The Bertz CT molecular complexity index is 951. The molecule has 45 heavy (non-hydrogen) atoms. The number of carbonyl (C=O) groups excluding carboxylic acids is 6. The van der Waals surface area contributed by atoms with Crippen molar-refractivity contribution in [3.63, 3.8) is 0 Å². The van der Waals surface area contributed by atoms with Gasteiger partial charge in [-0.3, -0.25) is 14.9 Å². The van der Waals surface area contributed by atoms with Crippen LogP contribution in [-0.2, 0) is 48.0 Å². The van der Waals surface area contributed by atoms with Gasteiger partial charge in [0.25, 0.3) is 0 Å². The average molecular weight is 642 g/mol. The van der Waals surface area contributed by atoms with Crippen molar-refractivity contribution in [2.24, 2.45) is 0 Å². The summed E-state index contributed by atoms with van der Waals surface area (Å²) < 4.78 is 14.3. The van der Waals surface area contributed by atoms with E-state index in [9.17, 15) is 28.8 Å². The summed E-state index contributed by atoms with van der Waals surface area (Å²) >= 11 is 0. The number of unbranched alkanes of at least 4 members (excludes halogenated alkanes) is 2. The van der Waals surface area contributed by atoms with E-state index in [-0.39, 0.29) is 24.0 Å². The van der Waals surface area contributed by atoms with E-state index >= 15 is 0 Å². The number of amides is 1. The minimum absolute atomic E-state index is 0.0681. The number of methoxy groups -OCH3 is 1. The molecule has 1 aromatic carbocycles. The van der Waals surface area contributed by atoms with E-state index < -0.39 is 24.3 Å². The number of rotatable bonds is 18. The van der Waals surface area contributed by atoms with E-state index in [0.717, 1.165) is 32.1 Å². The van der Waals surface area contributed by atoms with Crippen LogP contribution in [0, 0.1) is 0 Å². The third kappa shape index (κ3) is 33.3. The predicted octanol–water partition coefficient (Wildman–Crippen LogP) is 6.24. The van der Waals surface area contributed by atoms with Crippen molar-refractivity contribution in [1.82, 2.24) is 0 Å². The Balaban J connectivity index is -0.000000546. The highest BCUT2D eigenvalue weighted by Gasteiger charge is 2.17. The first kappa shape index (κ1) is 45.9. The zero-order valence-electron chi connectivity index (χ0n) is 28.6. The molecular weight excluding hydrogens is 586 g/mol. The molecule has 1 rings (SSSR count). The second kappa shape index (κ2) is 31.9. The second-order valence-electron chi connectivity index (χ2n) is 9.75. The maximum atomic E-state index is 11.4. The van der Waals surface area contributed by atoms with Crippen molar-refractivity contribution in [2.45, 2.75) is 112 Å². The fourth-order valence-electron chi connectivity index (χ4n) is 3.05. The summed E-state index contributed by atoms with van der Waals surface area (Å²) in [5.41, 5.74) is 0.644. The Labute approximate surface area is 268 Å². The lowest BCUT2D eigenvalue weighted by Gasteiger charge is -2.13. The van der Waals surface area contributed by atoms with Gasteiger partial charge in [-0.05, 0) is 71.9 Å². The molecule has 2 unspecified atom stereocenters. The summed E-state index contributed by atoms with van der Waals surface area (Å²) in [6.45, 7) is 12.2. The van der Waals surface area contributed by atoms with E-state index in [2.05, 4.69) is 26.8 Å². The third-order valence-corrected chi connectivity index (χ3v) is 5.55. The number of hydrogen-bond donors (Lipinski definition) is 1. The highest BCUT2D eigenvalue weighted by molar-refractivity contribution is 5.88. The van der Waals surface area contributed by atoms with E-state index in [1.807, 2.05) is 13.0 Å². The molecule has 12 nitrogen and oxygen atoms in total. The fraction of sp³-hybridized carbons (Fsp3) is 0.636. The quantitative estimate of drug-likeness (QED) is 0.0836. The number of anilines is 1. The second-order valence-corrected chi connectivity index (χ2v) is 9.75. The molecule has 12 heteroatoms. The lowest BCUT2D eigenvalue weighted by Crippen LogP contribution is -2.27. The van der Waals surface area contributed by atoms with Gasteiger partial charge in [-0.1, -0.05) is 45.4 Å². The summed E-state index contributed by atoms with van der Waals surface area (Å²) in [6, 6.07) is 8.95. The van der Waals surface area contributed by atoms with E-state index in [1.54, 1.807) is 45.0 Å². The summed E-state index contributed by atoms with van der Waals surface area (Å²) in [5, 5.41) is 2.55. The highest BCUT2D eigenvalue weighted by atomic mass is 17.2. The SMILES string of the molecule is CCC(OC(=O)Nc1ccccc1)C(C)=O.CCC(OCC(=O)OC)C(C)=O.CCCCC(C)=O.COOCCCCC(C)=O. The van der Waals surface area contributed by atoms with Gasteiger partial charge in [0.05, 0.1) is 20.8 Å². The van der Waals surface area contributed by atoms with Crippen LogP contribution >= 0.6 is 0 Å². The molecule has 1 amide bonds. The number of ketones is 4. The Hall–Kier alpha value is -3.48. The zero-order valence-corrected chi connectivity index (χ0v) is 28.6. The van der Waals surface area contributed by atoms with Gasteiger partial charge in [0.15, 0.2) is 17.7 Å². The molecule has 0 aliphatic carbocycles. The van der Waals surface area contributed by atoms with Gasteiger partial charge in [-0.25, -0.2) is 19.4 Å². The van der Waals surface area contributed by atoms with Crippen LogP contribution in [0.25, 0.3) is 0 Å². The molecule has 1 aromatic rings. The van der Waals surface area contributed by atoms with Crippen LogP contribution in [-0.4, -0.2) is 74.8 Å². The van der Waals surface area contributed by atoms with Crippen molar-refractivity contribution in [3.8, 4) is 0 Å². The summed E-state index contributed by atoms with van der Waals surface area (Å²) in [6.07, 6.45) is 4.66. The molecule has 0 bridgehead atoms. The molecule has 1 N–H and O–H groups in total. The Morgan fingerprint density at radius 1 is 0.733 bits per heavy atom. The lowest BCUT2D eigenvalue weighted by atomic mass is 10.2. The minimum Gasteiger partial charge on any atom is -0.467 e. The maximum absolute atomic E-state index is 11.4.